The van der Waals surface area contributed by atoms with Gasteiger partial charge >= 0.3 is 5.97 Å². The molecule has 0 bridgehead atoms. The van der Waals surface area contributed by atoms with Crippen molar-refractivity contribution in [3.8, 4) is 0 Å². The van der Waals surface area contributed by atoms with E-state index in [1.165, 1.54) is 6.92 Å². The maximum Gasteiger partial charge on any atom is 0.302 e. The predicted molar refractivity (Wildman–Crippen MR) is 46.9 cm³/mol. The summed E-state index contributed by atoms with van der Waals surface area (Å²) in [5.41, 5.74) is 0. The number of carbonyl (C=O) groups excluding carboxylic acids is 1. The minimum Gasteiger partial charge on any atom is -0.462 e. The van der Waals surface area contributed by atoms with Crippen molar-refractivity contribution >= 4 is 5.97 Å². The third kappa shape index (κ3) is 1.48. The van der Waals surface area contributed by atoms with Gasteiger partial charge in [0.1, 0.15) is 6.10 Å². The number of hydrogen-bond donors (Lipinski definition) is 1. The van der Waals surface area contributed by atoms with Crippen molar-refractivity contribution in [3.63, 3.8) is 0 Å². The van der Waals surface area contributed by atoms with E-state index >= 15 is 0 Å². The molecule has 1 N–H and O–H groups in total. The number of carbonyl (C=O) groups is 1. The Bertz CT molecular complexity index is 247. The fraction of sp³-hybridized carbons (Fsp3) is 0.700. The average Bonchev–Trinajstić information content (AvgIpc) is 2.56. The van der Waals surface area contributed by atoms with Crippen LogP contribution in [0.2, 0.25) is 0 Å². The molecule has 13 heavy (non-hydrogen) atoms. The van der Waals surface area contributed by atoms with Gasteiger partial charge in [-0.1, -0.05) is 12.2 Å². The van der Waals surface area contributed by atoms with Crippen LogP contribution < -0.4 is 0 Å². The van der Waals surface area contributed by atoms with Crippen LogP contribution in [-0.2, 0) is 9.53 Å². The van der Waals surface area contributed by atoms with E-state index in [2.05, 4.69) is 0 Å². The van der Waals surface area contributed by atoms with Gasteiger partial charge in [0.05, 0.1) is 6.10 Å². The normalized spacial score (nSPS) is 42.0. The molecule has 0 amide bonds. The zero-order chi connectivity index (χ0) is 9.42. The Labute approximate surface area is 77.4 Å². The van der Waals surface area contributed by atoms with Gasteiger partial charge < -0.3 is 9.84 Å². The van der Waals surface area contributed by atoms with E-state index in [9.17, 15) is 9.90 Å². The van der Waals surface area contributed by atoms with Crippen molar-refractivity contribution in [3.05, 3.63) is 12.2 Å². The first-order valence-electron chi connectivity index (χ1n) is 4.72. The molecule has 2 aliphatic carbocycles. The van der Waals surface area contributed by atoms with Crippen LogP contribution in [0.5, 0.6) is 0 Å². The second-order valence-corrected chi connectivity index (χ2v) is 3.84. The highest BCUT2D eigenvalue weighted by Gasteiger charge is 2.42. The van der Waals surface area contributed by atoms with Gasteiger partial charge in [-0.25, -0.2) is 0 Å². The van der Waals surface area contributed by atoms with Crippen molar-refractivity contribution in [2.45, 2.75) is 32.0 Å². The van der Waals surface area contributed by atoms with Crippen molar-refractivity contribution in [1.29, 1.82) is 0 Å². The van der Waals surface area contributed by atoms with E-state index in [1.807, 2.05) is 12.2 Å². The third-order valence-corrected chi connectivity index (χ3v) is 2.99. The van der Waals surface area contributed by atoms with Gasteiger partial charge in [0, 0.05) is 12.8 Å². The predicted octanol–water partition coefficient (Wildman–Crippen LogP) is 0.875. The Morgan fingerprint density at radius 1 is 1.46 bits per heavy atom. The molecule has 4 unspecified atom stereocenters. The zero-order valence-corrected chi connectivity index (χ0v) is 7.64. The van der Waals surface area contributed by atoms with Gasteiger partial charge in [-0.2, -0.15) is 0 Å². The minimum atomic E-state index is -0.328. The SMILES string of the molecule is CC(=O)OC1CCC2C(O)C=CC12. The van der Waals surface area contributed by atoms with Crippen molar-refractivity contribution in [2.24, 2.45) is 11.8 Å². The molecule has 2 rings (SSSR count). The molecule has 0 radical (unpaired) electrons. The lowest BCUT2D eigenvalue weighted by Crippen LogP contribution is -2.23. The summed E-state index contributed by atoms with van der Waals surface area (Å²) >= 11 is 0. The van der Waals surface area contributed by atoms with E-state index in [1.54, 1.807) is 0 Å². The number of esters is 1. The summed E-state index contributed by atoms with van der Waals surface area (Å²) in [5, 5.41) is 9.52. The molecular weight excluding hydrogens is 168 g/mol. The molecule has 1 fully saturated rings. The fourth-order valence-electron chi connectivity index (χ4n) is 2.42. The quantitative estimate of drug-likeness (QED) is 0.483. The van der Waals surface area contributed by atoms with Crippen molar-refractivity contribution in [2.75, 3.05) is 0 Å². The Morgan fingerprint density at radius 2 is 2.23 bits per heavy atom. The van der Waals surface area contributed by atoms with Crippen LogP contribution in [0.15, 0.2) is 12.2 Å². The summed E-state index contributed by atoms with van der Waals surface area (Å²) < 4.78 is 5.17. The first-order chi connectivity index (χ1) is 6.18. The number of aliphatic hydroxyl groups excluding tert-OH is 1. The van der Waals surface area contributed by atoms with Crippen LogP contribution in [-0.4, -0.2) is 23.3 Å². The van der Waals surface area contributed by atoms with E-state index in [0.717, 1.165) is 12.8 Å². The van der Waals surface area contributed by atoms with Crippen LogP contribution in [0.25, 0.3) is 0 Å². The first-order valence-corrected chi connectivity index (χ1v) is 4.72. The highest BCUT2D eigenvalue weighted by Crippen LogP contribution is 2.41. The molecule has 4 atom stereocenters. The van der Waals surface area contributed by atoms with Crippen LogP contribution in [0.4, 0.5) is 0 Å². The Morgan fingerprint density at radius 3 is 2.92 bits per heavy atom. The molecule has 0 spiro atoms. The molecule has 72 valence electrons. The van der Waals surface area contributed by atoms with Gasteiger partial charge in [0.15, 0.2) is 0 Å². The Balaban J connectivity index is 2.02. The molecule has 0 aromatic rings. The summed E-state index contributed by atoms with van der Waals surface area (Å²) in [6, 6.07) is 0. The number of rotatable bonds is 1. The Kier molecular flexibility index (Phi) is 2.12. The maximum absolute atomic E-state index is 10.8. The summed E-state index contributed by atoms with van der Waals surface area (Å²) in [5.74, 6) is 0.309. The number of fused-ring (bicyclic) bond motifs is 1. The minimum absolute atomic E-state index is 0.00380. The topological polar surface area (TPSA) is 46.5 Å². The third-order valence-electron chi connectivity index (χ3n) is 2.99. The lowest BCUT2D eigenvalue weighted by atomic mass is 9.97. The standard InChI is InChI=1S/C10H14O3/c1-6(11)13-10-5-3-7-8(10)2-4-9(7)12/h2,4,7-10,12H,3,5H2,1H3. The molecule has 0 saturated heterocycles. The smallest absolute Gasteiger partial charge is 0.302 e. The van der Waals surface area contributed by atoms with Gasteiger partial charge in [-0.05, 0) is 18.8 Å². The van der Waals surface area contributed by atoms with Gasteiger partial charge in [0.2, 0.25) is 0 Å². The van der Waals surface area contributed by atoms with Gasteiger partial charge in [0.25, 0.3) is 0 Å². The summed E-state index contributed by atoms with van der Waals surface area (Å²) in [6.45, 7) is 1.43. The summed E-state index contributed by atoms with van der Waals surface area (Å²) in [4.78, 5) is 10.8. The van der Waals surface area contributed by atoms with E-state index in [4.69, 9.17) is 4.74 Å². The number of aliphatic hydroxyl groups is 1. The highest BCUT2D eigenvalue weighted by atomic mass is 16.5. The van der Waals surface area contributed by atoms with E-state index < -0.39 is 0 Å². The van der Waals surface area contributed by atoms with Crippen LogP contribution >= 0.6 is 0 Å². The molecule has 1 saturated carbocycles. The molecule has 3 heteroatoms. The second kappa shape index (κ2) is 3.14. The van der Waals surface area contributed by atoms with Crippen LogP contribution in [0.3, 0.4) is 0 Å². The summed E-state index contributed by atoms with van der Waals surface area (Å²) in [7, 11) is 0. The molecule has 0 heterocycles. The fourth-order valence-corrected chi connectivity index (χ4v) is 2.42. The van der Waals surface area contributed by atoms with Crippen LogP contribution in [0.1, 0.15) is 19.8 Å². The first kappa shape index (κ1) is 8.75. The van der Waals surface area contributed by atoms with Gasteiger partial charge in [-0.15, -0.1) is 0 Å². The maximum atomic E-state index is 10.8. The Hall–Kier alpha value is -0.830. The molecule has 3 nitrogen and oxygen atoms in total. The van der Waals surface area contributed by atoms with Crippen molar-refractivity contribution in [1.82, 2.24) is 0 Å². The lowest BCUT2D eigenvalue weighted by molar-refractivity contribution is -0.147. The number of ether oxygens (including phenoxy) is 1. The molecule has 0 aliphatic heterocycles. The molecule has 0 aromatic heterocycles. The highest BCUT2D eigenvalue weighted by molar-refractivity contribution is 5.66. The molecule has 2 aliphatic rings. The lowest BCUT2D eigenvalue weighted by Gasteiger charge is -2.18. The molecular formula is C10H14O3. The molecule has 0 aromatic carbocycles. The van der Waals surface area contributed by atoms with E-state index in [-0.39, 0.29) is 30.0 Å². The van der Waals surface area contributed by atoms with Gasteiger partial charge in [-0.3, -0.25) is 4.79 Å². The van der Waals surface area contributed by atoms with Crippen molar-refractivity contribution < 1.29 is 14.6 Å². The second-order valence-electron chi connectivity index (χ2n) is 3.84. The monoisotopic (exact) mass is 182 g/mol. The number of hydrogen-bond acceptors (Lipinski definition) is 3. The summed E-state index contributed by atoms with van der Waals surface area (Å²) in [6.07, 6.45) is 5.30. The van der Waals surface area contributed by atoms with Crippen LogP contribution in [0, 0.1) is 11.8 Å². The van der Waals surface area contributed by atoms with E-state index in [0.29, 0.717) is 0 Å². The average molecular weight is 182 g/mol. The largest absolute Gasteiger partial charge is 0.462 e. The zero-order valence-electron chi connectivity index (χ0n) is 7.64.